The van der Waals surface area contributed by atoms with E-state index in [9.17, 15) is 22.8 Å². The van der Waals surface area contributed by atoms with Gasteiger partial charge >= 0.3 is 18.1 Å². The number of rotatable bonds is 3. The topological polar surface area (TPSA) is 121 Å². The Morgan fingerprint density at radius 2 is 1.90 bits per heavy atom. The van der Waals surface area contributed by atoms with Crippen LogP contribution < -0.4 is 10.6 Å². The molecule has 1 fully saturated rings. The molecule has 12 heteroatoms. The number of carbonyl (C=O) groups is 3. The Kier molecular flexibility index (Phi) is 6.90. The number of halogens is 4. The SMILES string of the molecule is Cn1c(C(=O)N[C@H]2CN[C@H](C(=O)O)C2)cc2c(Br)cccc21.O=C(O)C(F)(F)F. The van der Waals surface area contributed by atoms with Crippen LogP contribution in [0.1, 0.15) is 16.9 Å². The maximum atomic E-state index is 12.5. The molecule has 1 aliphatic rings. The van der Waals surface area contributed by atoms with Crippen molar-refractivity contribution in [3.05, 3.63) is 34.4 Å². The summed E-state index contributed by atoms with van der Waals surface area (Å²) in [7, 11) is 1.84. The molecule has 0 saturated carbocycles. The maximum absolute atomic E-state index is 12.5. The number of alkyl halides is 3. The molecular weight excluding hydrogens is 463 g/mol. The van der Waals surface area contributed by atoms with Gasteiger partial charge in [0.15, 0.2) is 0 Å². The van der Waals surface area contributed by atoms with Crippen molar-refractivity contribution < 1.29 is 37.8 Å². The maximum Gasteiger partial charge on any atom is 0.490 e. The molecule has 0 unspecified atom stereocenters. The van der Waals surface area contributed by atoms with Crippen LogP contribution in [0.2, 0.25) is 0 Å². The third kappa shape index (κ3) is 5.48. The van der Waals surface area contributed by atoms with Crippen molar-refractivity contribution in [3.63, 3.8) is 0 Å². The smallest absolute Gasteiger partial charge is 0.480 e. The highest BCUT2D eigenvalue weighted by molar-refractivity contribution is 9.10. The van der Waals surface area contributed by atoms with Gasteiger partial charge in [-0.25, -0.2) is 4.79 Å². The van der Waals surface area contributed by atoms with Crippen LogP contribution in [0, 0.1) is 0 Å². The van der Waals surface area contributed by atoms with Crippen molar-refractivity contribution in [1.29, 1.82) is 0 Å². The zero-order valence-electron chi connectivity index (χ0n) is 15.0. The molecule has 1 amide bonds. The van der Waals surface area contributed by atoms with Crippen molar-refractivity contribution in [2.24, 2.45) is 7.05 Å². The highest BCUT2D eigenvalue weighted by Gasteiger charge is 2.38. The lowest BCUT2D eigenvalue weighted by Crippen LogP contribution is -2.37. The molecule has 0 aliphatic carbocycles. The predicted octanol–water partition coefficient (Wildman–Crippen LogP) is 2.12. The van der Waals surface area contributed by atoms with E-state index < -0.39 is 24.2 Å². The molecule has 0 bridgehead atoms. The number of amides is 1. The van der Waals surface area contributed by atoms with Crippen LogP contribution >= 0.6 is 15.9 Å². The van der Waals surface area contributed by atoms with E-state index in [-0.39, 0.29) is 11.9 Å². The molecule has 8 nitrogen and oxygen atoms in total. The number of aryl methyl sites for hydroxylation is 1. The van der Waals surface area contributed by atoms with E-state index in [2.05, 4.69) is 26.6 Å². The van der Waals surface area contributed by atoms with Gasteiger partial charge in [0.05, 0.1) is 0 Å². The normalized spacial score (nSPS) is 18.8. The first-order chi connectivity index (χ1) is 13.4. The summed E-state index contributed by atoms with van der Waals surface area (Å²) >= 11 is 3.49. The Balaban J connectivity index is 0.000000370. The minimum Gasteiger partial charge on any atom is -0.480 e. The Bertz CT molecular complexity index is 944. The lowest BCUT2D eigenvalue weighted by molar-refractivity contribution is -0.192. The molecule has 29 heavy (non-hydrogen) atoms. The molecule has 1 aromatic heterocycles. The Labute approximate surface area is 170 Å². The molecule has 158 valence electrons. The Morgan fingerprint density at radius 1 is 1.28 bits per heavy atom. The predicted molar refractivity (Wildman–Crippen MR) is 99.6 cm³/mol. The van der Waals surface area contributed by atoms with Gasteiger partial charge in [-0.2, -0.15) is 13.2 Å². The molecule has 2 heterocycles. The summed E-state index contributed by atoms with van der Waals surface area (Å²) in [4.78, 5) is 32.3. The van der Waals surface area contributed by atoms with E-state index in [4.69, 9.17) is 15.0 Å². The number of carbonyl (C=O) groups excluding carboxylic acids is 1. The van der Waals surface area contributed by atoms with Crippen molar-refractivity contribution in [1.82, 2.24) is 15.2 Å². The summed E-state index contributed by atoms with van der Waals surface area (Å²) < 4.78 is 34.5. The van der Waals surface area contributed by atoms with Crippen molar-refractivity contribution >= 4 is 44.7 Å². The summed E-state index contributed by atoms with van der Waals surface area (Å²) in [6, 6.07) is 6.89. The Hall–Kier alpha value is -2.60. The highest BCUT2D eigenvalue weighted by Crippen LogP contribution is 2.26. The summed E-state index contributed by atoms with van der Waals surface area (Å²) in [5.41, 5.74) is 1.52. The van der Waals surface area contributed by atoms with E-state index in [1.165, 1.54) is 0 Å². The zero-order chi connectivity index (χ0) is 21.9. The fourth-order valence-electron chi connectivity index (χ4n) is 2.84. The molecule has 4 N–H and O–H groups in total. The van der Waals surface area contributed by atoms with Gasteiger partial charge in [-0.3, -0.25) is 9.59 Å². The van der Waals surface area contributed by atoms with Gasteiger partial charge in [0.25, 0.3) is 5.91 Å². The van der Waals surface area contributed by atoms with Crippen molar-refractivity contribution in [2.45, 2.75) is 24.7 Å². The molecule has 2 aromatic rings. The van der Waals surface area contributed by atoms with Gasteiger partial charge in [0, 0.05) is 35.0 Å². The van der Waals surface area contributed by atoms with E-state index in [0.717, 1.165) is 15.4 Å². The largest absolute Gasteiger partial charge is 0.490 e. The standard InChI is InChI=1S/C15H16BrN3O3.C2HF3O2/c1-19-12-4-2-3-10(16)9(12)6-13(19)14(20)18-8-5-11(15(21)22)17-7-8;3-2(4,5)1(6)7/h2-4,6,8,11,17H,5,7H2,1H3,(H,18,20)(H,21,22);(H,6,7)/t8-,11+;/m1./s1. The molecule has 0 spiro atoms. The number of carboxylic acids is 2. The van der Waals surface area contributed by atoms with Crippen LogP contribution in [0.4, 0.5) is 13.2 Å². The first kappa shape index (κ1) is 22.7. The quantitative estimate of drug-likeness (QED) is 0.535. The number of aromatic nitrogens is 1. The molecule has 3 rings (SSSR count). The van der Waals surface area contributed by atoms with Crippen LogP contribution in [0.25, 0.3) is 10.9 Å². The number of benzene rings is 1. The second-order valence-electron chi connectivity index (χ2n) is 6.27. The monoisotopic (exact) mass is 479 g/mol. The number of nitrogens with one attached hydrogen (secondary N) is 2. The lowest BCUT2D eigenvalue weighted by atomic mass is 10.1. The van der Waals surface area contributed by atoms with Gasteiger partial charge in [-0.15, -0.1) is 0 Å². The number of hydrogen-bond donors (Lipinski definition) is 4. The molecule has 1 aliphatic heterocycles. The van der Waals surface area contributed by atoms with E-state index in [1.807, 2.05) is 35.9 Å². The molecule has 2 atom stereocenters. The first-order valence-corrected chi connectivity index (χ1v) is 9.02. The number of carboxylic acid groups (broad SMARTS) is 2. The van der Waals surface area contributed by atoms with E-state index >= 15 is 0 Å². The number of aliphatic carboxylic acids is 2. The minimum atomic E-state index is -5.08. The minimum absolute atomic E-state index is 0.171. The van der Waals surface area contributed by atoms with Crippen LogP contribution in [0.3, 0.4) is 0 Å². The summed E-state index contributed by atoms with van der Waals surface area (Å²) in [5, 5.41) is 22.9. The van der Waals surface area contributed by atoms with Gasteiger partial charge in [-0.05, 0) is 24.6 Å². The van der Waals surface area contributed by atoms with Crippen LogP contribution in [0.5, 0.6) is 0 Å². The number of fused-ring (bicyclic) bond motifs is 1. The first-order valence-electron chi connectivity index (χ1n) is 8.23. The fraction of sp³-hybridized carbons (Fsp3) is 0.353. The third-order valence-electron chi connectivity index (χ3n) is 4.27. The van der Waals surface area contributed by atoms with E-state index in [1.54, 1.807) is 0 Å². The van der Waals surface area contributed by atoms with Gasteiger partial charge in [-0.1, -0.05) is 22.0 Å². The lowest BCUT2D eigenvalue weighted by Gasteiger charge is -2.12. The average Bonchev–Trinajstić information content (AvgIpc) is 3.21. The van der Waals surface area contributed by atoms with E-state index in [0.29, 0.717) is 18.7 Å². The molecule has 1 saturated heterocycles. The Morgan fingerprint density at radius 3 is 2.38 bits per heavy atom. The fourth-order valence-corrected chi connectivity index (χ4v) is 3.31. The second-order valence-corrected chi connectivity index (χ2v) is 7.12. The average molecular weight is 480 g/mol. The molecular formula is C17H17BrF3N3O5. The summed E-state index contributed by atoms with van der Waals surface area (Å²) in [6.07, 6.45) is -4.69. The van der Waals surface area contributed by atoms with Crippen molar-refractivity contribution in [3.8, 4) is 0 Å². The van der Waals surface area contributed by atoms with Crippen molar-refractivity contribution in [2.75, 3.05) is 6.54 Å². The number of hydrogen-bond acceptors (Lipinski definition) is 4. The number of nitrogens with zero attached hydrogens (tertiary/aromatic N) is 1. The van der Waals surface area contributed by atoms with Crippen LogP contribution in [0.15, 0.2) is 28.7 Å². The van der Waals surface area contributed by atoms with Gasteiger partial charge in [0.1, 0.15) is 11.7 Å². The third-order valence-corrected chi connectivity index (χ3v) is 4.96. The summed E-state index contributed by atoms with van der Waals surface area (Å²) in [6.45, 7) is 0.469. The highest BCUT2D eigenvalue weighted by atomic mass is 79.9. The molecule has 1 aromatic carbocycles. The zero-order valence-corrected chi connectivity index (χ0v) is 16.5. The van der Waals surface area contributed by atoms with Gasteiger partial charge in [0.2, 0.25) is 0 Å². The second kappa shape index (κ2) is 8.82. The van der Waals surface area contributed by atoms with Crippen LogP contribution in [-0.2, 0) is 16.6 Å². The summed E-state index contributed by atoms with van der Waals surface area (Å²) in [5.74, 6) is -3.83. The van der Waals surface area contributed by atoms with Crippen LogP contribution in [-0.4, -0.2) is 57.4 Å². The molecule has 0 radical (unpaired) electrons. The van der Waals surface area contributed by atoms with Gasteiger partial charge < -0.3 is 25.4 Å².